The third-order valence-corrected chi connectivity index (χ3v) is 5.21. The molecule has 0 fully saturated rings. The molecule has 0 heterocycles. The maximum atomic E-state index is 13.7. The SMILES string of the molecule is COc1c(F)cccc1C=CCNC(=O)OCC1c2ccccc2-c2ccccc21. The molecule has 0 atom stereocenters. The Balaban J connectivity index is 1.34. The van der Waals surface area contributed by atoms with E-state index in [1.165, 1.54) is 35.4 Å². The van der Waals surface area contributed by atoms with Gasteiger partial charge in [-0.25, -0.2) is 9.18 Å². The van der Waals surface area contributed by atoms with Crippen LogP contribution in [0.1, 0.15) is 22.6 Å². The Morgan fingerprint density at radius 3 is 2.33 bits per heavy atom. The van der Waals surface area contributed by atoms with Gasteiger partial charge in [-0.2, -0.15) is 0 Å². The highest BCUT2D eigenvalue weighted by Gasteiger charge is 2.28. The van der Waals surface area contributed by atoms with Gasteiger partial charge in [-0.1, -0.05) is 72.8 Å². The van der Waals surface area contributed by atoms with Crippen molar-refractivity contribution in [2.45, 2.75) is 5.92 Å². The molecule has 0 aliphatic heterocycles. The number of ether oxygens (including phenoxy) is 2. The first-order valence-corrected chi connectivity index (χ1v) is 9.77. The number of hydrogen-bond acceptors (Lipinski definition) is 3. The molecule has 5 heteroatoms. The van der Waals surface area contributed by atoms with Crippen molar-refractivity contribution in [2.75, 3.05) is 20.3 Å². The number of rotatable bonds is 6. The Morgan fingerprint density at radius 2 is 1.67 bits per heavy atom. The summed E-state index contributed by atoms with van der Waals surface area (Å²) in [6.07, 6.45) is 2.93. The Hall–Kier alpha value is -3.60. The molecule has 0 spiro atoms. The molecule has 4 rings (SSSR count). The molecule has 0 saturated carbocycles. The first-order valence-electron chi connectivity index (χ1n) is 9.77. The lowest BCUT2D eigenvalue weighted by Gasteiger charge is -2.14. The lowest BCUT2D eigenvalue weighted by atomic mass is 9.98. The van der Waals surface area contributed by atoms with Crippen LogP contribution >= 0.6 is 0 Å². The zero-order valence-corrected chi connectivity index (χ0v) is 16.6. The Morgan fingerprint density at radius 1 is 1.00 bits per heavy atom. The molecule has 0 saturated heterocycles. The fourth-order valence-corrected chi connectivity index (χ4v) is 3.85. The van der Waals surface area contributed by atoms with Gasteiger partial charge >= 0.3 is 6.09 Å². The highest BCUT2D eigenvalue weighted by Crippen LogP contribution is 2.44. The fourth-order valence-electron chi connectivity index (χ4n) is 3.85. The van der Waals surface area contributed by atoms with Gasteiger partial charge in [0.1, 0.15) is 6.61 Å². The molecule has 1 aliphatic rings. The van der Waals surface area contributed by atoms with Gasteiger partial charge in [0.05, 0.1) is 7.11 Å². The molecular weight excluding hydrogens is 381 g/mol. The van der Waals surface area contributed by atoms with Crippen LogP contribution in [0.3, 0.4) is 0 Å². The van der Waals surface area contributed by atoms with Gasteiger partial charge in [-0.15, -0.1) is 0 Å². The number of nitrogens with one attached hydrogen (secondary N) is 1. The Labute approximate surface area is 175 Å². The molecule has 3 aromatic carbocycles. The summed E-state index contributed by atoms with van der Waals surface area (Å²) in [4.78, 5) is 12.2. The van der Waals surface area contributed by atoms with Crippen molar-refractivity contribution >= 4 is 12.2 Å². The van der Waals surface area contributed by atoms with Crippen LogP contribution in [0.5, 0.6) is 5.75 Å². The van der Waals surface area contributed by atoms with Crippen molar-refractivity contribution in [3.05, 3.63) is 95.3 Å². The quantitative estimate of drug-likeness (QED) is 0.601. The van der Waals surface area contributed by atoms with Gasteiger partial charge in [0, 0.05) is 18.0 Å². The average molecular weight is 403 g/mol. The molecule has 3 aromatic rings. The number of carbonyl (C=O) groups excluding carboxylic acids is 1. The van der Waals surface area contributed by atoms with Crippen LogP contribution in [0.2, 0.25) is 0 Å². The molecule has 1 N–H and O–H groups in total. The second kappa shape index (κ2) is 8.82. The van der Waals surface area contributed by atoms with E-state index in [4.69, 9.17) is 9.47 Å². The maximum absolute atomic E-state index is 13.7. The van der Waals surface area contributed by atoms with Crippen LogP contribution < -0.4 is 10.1 Å². The van der Waals surface area contributed by atoms with Crippen LogP contribution in [0, 0.1) is 5.82 Å². The van der Waals surface area contributed by atoms with Gasteiger partial charge in [0.15, 0.2) is 11.6 Å². The number of alkyl carbamates (subject to hydrolysis) is 1. The fraction of sp³-hybridized carbons (Fsp3) is 0.160. The smallest absolute Gasteiger partial charge is 0.407 e. The summed E-state index contributed by atoms with van der Waals surface area (Å²) in [7, 11) is 1.42. The van der Waals surface area contributed by atoms with Gasteiger partial charge in [0.25, 0.3) is 0 Å². The predicted molar refractivity (Wildman–Crippen MR) is 115 cm³/mol. The van der Waals surface area contributed by atoms with Crippen molar-refractivity contribution in [2.24, 2.45) is 0 Å². The number of benzene rings is 3. The summed E-state index contributed by atoms with van der Waals surface area (Å²) in [5, 5.41) is 2.69. The number of para-hydroxylation sites is 1. The van der Waals surface area contributed by atoms with Gasteiger partial charge in [-0.3, -0.25) is 0 Å². The van der Waals surface area contributed by atoms with E-state index in [9.17, 15) is 9.18 Å². The van der Waals surface area contributed by atoms with Crippen molar-refractivity contribution in [1.29, 1.82) is 0 Å². The normalized spacial score (nSPS) is 12.5. The van der Waals surface area contributed by atoms with E-state index in [-0.39, 0.29) is 24.8 Å². The monoisotopic (exact) mass is 403 g/mol. The third-order valence-electron chi connectivity index (χ3n) is 5.21. The molecule has 0 radical (unpaired) electrons. The van der Waals surface area contributed by atoms with Crippen LogP contribution in [-0.2, 0) is 4.74 Å². The molecule has 0 unspecified atom stereocenters. The lowest BCUT2D eigenvalue weighted by Crippen LogP contribution is -2.26. The van der Waals surface area contributed by atoms with Crippen molar-refractivity contribution < 1.29 is 18.7 Å². The van der Waals surface area contributed by atoms with Crippen molar-refractivity contribution in [3.8, 4) is 16.9 Å². The highest BCUT2D eigenvalue weighted by atomic mass is 19.1. The largest absolute Gasteiger partial charge is 0.493 e. The molecule has 4 nitrogen and oxygen atoms in total. The highest BCUT2D eigenvalue weighted by molar-refractivity contribution is 5.79. The van der Waals surface area contributed by atoms with E-state index in [0.29, 0.717) is 5.56 Å². The molecular formula is C25H22FNO3. The zero-order chi connectivity index (χ0) is 20.9. The van der Waals surface area contributed by atoms with Crippen molar-refractivity contribution in [1.82, 2.24) is 5.32 Å². The van der Waals surface area contributed by atoms with Crippen molar-refractivity contribution in [3.63, 3.8) is 0 Å². The van der Waals surface area contributed by atoms with Crippen LogP contribution in [0.4, 0.5) is 9.18 Å². The lowest BCUT2D eigenvalue weighted by molar-refractivity contribution is 0.144. The van der Waals surface area contributed by atoms with E-state index in [1.54, 1.807) is 24.3 Å². The van der Waals surface area contributed by atoms with Gasteiger partial charge < -0.3 is 14.8 Å². The van der Waals surface area contributed by atoms with Crippen LogP contribution in [-0.4, -0.2) is 26.4 Å². The van der Waals surface area contributed by atoms with Gasteiger partial charge in [0.2, 0.25) is 0 Å². The molecule has 1 aliphatic carbocycles. The summed E-state index contributed by atoms with van der Waals surface area (Å²) in [6, 6.07) is 21.1. The van der Waals surface area contributed by atoms with Crippen LogP contribution in [0.15, 0.2) is 72.8 Å². The molecule has 152 valence electrons. The minimum Gasteiger partial charge on any atom is -0.493 e. The number of halogens is 1. The third kappa shape index (κ3) is 3.92. The molecule has 30 heavy (non-hydrogen) atoms. The van der Waals surface area contributed by atoms with Crippen LogP contribution in [0.25, 0.3) is 17.2 Å². The number of carbonyl (C=O) groups is 1. The topological polar surface area (TPSA) is 47.6 Å². The second-order valence-electron chi connectivity index (χ2n) is 6.97. The molecule has 0 bridgehead atoms. The summed E-state index contributed by atoms with van der Waals surface area (Å²) >= 11 is 0. The number of amides is 1. The van der Waals surface area contributed by atoms with E-state index in [1.807, 2.05) is 24.3 Å². The molecule has 0 aromatic heterocycles. The molecule has 1 amide bonds. The van der Waals surface area contributed by atoms with Gasteiger partial charge in [-0.05, 0) is 28.3 Å². The van der Waals surface area contributed by atoms with E-state index in [0.717, 1.165) is 0 Å². The first kappa shape index (κ1) is 19.7. The minimum atomic E-state index is -0.493. The number of methoxy groups -OCH3 is 1. The maximum Gasteiger partial charge on any atom is 0.407 e. The summed E-state index contributed by atoms with van der Waals surface area (Å²) < 4.78 is 24.3. The van der Waals surface area contributed by atoms with E-state index >= 15 is 0 Å². The summed E-state index contributed by atoms with van der Waals surface area (Å²) in [5.74, 6) is -0.228. The Bertz CT molecular complexity index is 1050. The Kier molecular flexibility index (Phi) is 5.80. The van der Waals surface area contributed by atoms with E-state index < -0.39 is 11.9 Å². The average Bonchev–Trinajstić information content (AvgIpc) is 3.09. The number of fused-ring (bicyclic) bond motifs is 3. The summed E-state index contributed by atoms with van der Waals surface area (Å²) in [6.45, 7) is 0.525. The summed E-state index contributed by atoms with van der Waals surface area (Å²) in [5.41, 5.74) is 5.32. The predicted octanol–water partition coefficient (Wildman–Crippen LogP) is 5.39. The first-order chi connectivity index (χ1) is 14.7. The second-order valence-corrected chi connectivity index (χ2v) is 6.97. The van der Waals surface area contributed by atoms with E-state index in [2.05, 4.69) is 29.6 Å². The standard InChI is InChI=1S/C25H22FNO3/c1-29-24-17(8-6-14-23(24)26)9-7-15-27-25(28)30-16-22-20-12-4-2-10-18(20)19-11-3-5-13-21(19)22/h2-14,22H,15-16H2,1H3,(H,27,28). The number of hydrogen-bond donors (Lipinski definition) is 1. The zero-order valence-electron chi connectivity index (χ0n) is 16.6. The minimum absolute atomic E-state index is 0.0234.